The van der Waals surface area contributed by atoms with Crippen LogP contribution in [0.25, 0.3) is 10.9 Å². The van der Waals surface area contributed by atoms with Crippen LogP contribution in [0.1, 0.15) is 0 Å². The quantitative estimate of drug-likeness (QED) is 0.640. The molecule has 0 fully saturated rings. The van der Waals surface area contributed by atoms with Gasteiger partial charge >= 0.3 is 0 Å². The molecule has 2 N–H and O–H groups in total. The number of fused-ring (bicyclic) bond motifs is 1. The lowest BCUT2D eigenvalue weighted by molar-refractivity contribution is -0.774. The van der Waals surface area contributed by atoms with Crippen LogP contribution in [0.4, 0.5) is 4.39 Å². The van der Waals surface area contributed by atoms with Gasteiger partial charge in [0.1, 0.15) is 10.9 Å². The molecule has 2 rings (SSSR count). The predicted octanol–water partition coefficient (Wildman–Crippen LogP) is 1.13. The largest absolute Gasteiger partial charge is 0.318 e. The van der Waals surface area contributed by atoms with Crippen LogP contribution in [0.3, 0.4) is 0 Å². The summed E-state index contributed by atoms with van der Waals surface area (Å²) in [5.41, 5.74) is 0.881. The van der Waals surface area contributed by atoms with E-state index < -0.39 is 0 Å². The second kappa shape index (κ2) is 5.77. The number of benzene rings is 1. The Bertz CT molecular complexity index is 552. The number of hydrogen-bond acceptors (Lipinski definition) is 2. The summed E-state index contributed by atoms with van der Waals surface area (Å²) in [6.45, 7) is 2.44. The first-order valence-corrected chi connectivity index (χ1v) is 6.63. The number of rotatable bonds is 5. The van der Waals surface area contributed by atoms with Gasteiger partial charge in [0, 0.05) is 13.1 Å². The number of hydrogen-bond donors (Lipinski definition) is 2. The first-order valence-electron chi connectivity index (χ1n) is 5.83. The minimum Gasteiger partial charge on any atom is -0.318 e. The van der Waals surface area contributed by atoms with Crippen LogP contribution in [-0.2, 0) is 13.7 Å². The summed E-state index contributed by atoms with van der Waals surface area (Å²) in [6, 6.07) is 3.64. The van der Waals surface area contributed by atoms with Crippen molar-refractivity contribution in [2.45, 2.75) is 6.67 Å². The Balaban J connectivity index is 2.24. The Morgan fingerprint density at radius 1 is 1.39 bits per heavy atom. The van der Waals surface area contributed by atoms with Crippen molar-refractivity contribution in [2.75, 3.05) is 20.1 Å². The van der Waals surface area contributed by atoms with Gasteiger partial charge in [-0.2, -0.15) is 4.68 Å². The zero-order chi connectivity index (χ0) is 13.1. The molecule has 98 valence electrons. The van der Waals surface area contributed by atoms with E-state index in [0.717, 1.165) is 18.6 Å². The molecule has 0 radical (unpaired) electrons. The van der Waals surface area contributed by atoms with Crippen molar-refractivity contribution >= 4 is 26.8 Å². The molecule has 0 aliphatic carbocycles. The monoisotopic (exact) mass is 315 g/mol. The molecule has 0 aliphatic heterocycles. The fraction of sp³-hybridized carbons (Fsp3) is 0.417. The van der Waals surface area contributed by atoms with Crippen LogP contribution in [-0.4, -0.2) is 24.8 Å². The van der Waals surface area contributed by atoms with Crippen molar-refractivity contribution < 1.29 is 9.07 Å². The Morgan fingerprint density at radius 2 is 2.17 bits per heavy atom. The lowest BCUT2D eigenvalue weighted by Crippen LogP contribution is -2.48. The number of aryl methyl sites for hydroxylation is 1. The third-order valence-corrected chi connectivity index (χ3v) is 3.56. The molecule has 2 aromatic rings. The van der Waals surface area contributed by atoms with Crippen LogP contribution < -0.4 is 15.3 Å². The normalized spacial score (nSPS) is 11.3. The minimum atomic E-state index is -0.211. The maximum absolute atomic E-state index is 13.9. The van der Waals surface area contributed by atoms with Crippen molar-refractivity contribution in [2.24, 2.45) is 7.05 Å². The zero-order valence-corrected chi connectivity index (χ0v) is 12.1. The van der Waals surface area contributed by atoms with Crippen molar-refractivity contribution in [3.63, 3.8) is 0 Å². The maximum Gasteiger partial charge on any atom is 0.226 e. The lowest BCUT2D eigenvalue weighted by Gasteiger charge is -2.00. The van der Waals surface area contributed by atoms with Gasteiger partial charge in [-0.1, -0.05) is 0 Å². The summed E-state index contributed by atoms with van der Waals surface area (Å²) in [6.07, 6.45) is 1.82. The Labute approximate surface area is 114 Å². The topological polar surface area (TPSA) is 32.9 Å². The van der Waals surface area contributed by atoms with Crippen molar-refractivity contribution in [3.05, 3.63) is 28.6 Å². The molecule has 18 heavy (non-hydrogen) atoms. The van der Waals surface area contributed by atoms with E-state index in [2.05, 4.69) is 26.6 Å². The summed E-state index contributed by atoms with van der Waals surface area (Å²) in [4.78, 5) is 0. The fourth-order valence-corrected chi connectivity index (χ4v) is 2.24. The van der Waals surface area contributed by atoms with Gasteiger partial charge in [-0.25, -0.2) is 4.39 Å². The van der Waals surface area contributed by atoms with Gasteiger partial charge in [0.15, 0.2) is 5.82 Å². The van der Waals surface area contributed by atoms with E-state index in [0.29, 0.717) is 16.5 Å². The highest BCUT2D eigenvalue weighted by atomic mass is 79.9. The molecule has 0 saturated heterocycles. The molecular formula is C12H17BrFN4+. The smallest absolute Gasteiger partial charge is 0.226 e. The van der Waals surface area contributed by atoms with Crippen molar-refractivity contribution in [1.29, 1.82) is 0 Å². The average Bonchev–Trinajstić information content (AvgIpc) is 2.68. The second-order valence-corrected chi connectivity index (χ2v) is 5.00. The molecule has 0 amide bonds. The maximum atomic E-state index is 13.9. The molecule has 4 nitrogen and oxygen atoms in total. The molecular weight excluding hydrogens is 299 g/mol. The van der Waals surface area contributed by atoms with E-state index in [1.165, 1.54) is 0 Å². The second-order valence-electron chi connectivity index (χ2n) is 4.15. The molecule has 0 saturated carbocycles. The summed E-state index contributed by atoms with van der Waals surface area (Å²) in [5.74, 6) is -0.211. The number of nitrogens with one attached hydrogen (secondary N) is 2. The van der Waals surface area contributed by atoms with E-state index >= 15 is 0 Å². The highest BCUT2D eigenvalue weighted by Crippen LogP contribution is 2.23. The number of halogens is 2. The summed E-state index contributed by atoms with van der Waals surface area (Å²) in [5, 5.41) is 6.98. The number of aromatic nitrogens is 2. The van der Waals surface area contributed by atoms with Gasteiger partial charge in [0.2, 0.25) is 12.9 Å². The van der Waals surface area contributed by atoms with E-state index in [1.54, 1.807) is 6.07 Å². The molecule has 0 unspecified atom stereocenters. The molecule has 1 heterocycles. The van der Waals surface area contributed by atoms with Crippen molar-refractivity contribution in [1.82, 2.24) is 15.3 Å². The summed E-state index contributed by atoms with van der Waals surface area (Å²) in [7, 11) is 3.84. The summed E-state index contributed by atoms with van der Waals surface area (Å²) >= 11 is 3.21. The average molecular weight is 316 g/mol. The predicted molar refractivity (Wildman–Crippen MR) is 72.7 cm³/mol. The summed E-state index contributed by atoms with van der Waals surface area (Å²) < 4.78 is 18.3. The van der Waals surface area contributed by atoms with Gasteiger partial charge in [-0.15, -0.1) is 4.68 Å². The molecule has 1 aromatic carbocycles. The zero-order valence-electron chi connectivity index (χ0n) is 10.5. The van der Waals surface area contributed by atoms with Gasteiger partial charge in [-0.3, -0.25) is 5.32 Å². The van der Waals surface area contributed by atoms with E-state index in [9.17, 15) is 4.39 Å². The lowest BCUT2D eigenvalue weighted by atomic mass is 10.2. The number of nitrogens with zero attached hydrogens (tertiary/aromatic N) is 2. The van der Waals surface area contributed by atoms with Crippen LogP contribution in [0.15, 0.2) is 22.8 Å². The minimum absolute atomic E-state index is 0.211. The van der Waals surface area contributed by atoms with Crippen LogP contribution in [0.5, 0.6) is 0 Å². The third-order valence-electron chi connectivity index (χ3n) is 2.95. The van der Waals surface area contributed by atoms with Gasteiger partial charge < -0.3 is 5.32 Å². The molecule has 6 heteroatoms. The van der Waals surface area contributed by atoms with E-state index in [-0.39, 0.29) is 5.82 Å². The molecule has 0 bridgehead atoms. The standard InChI is InChI=1S/C12H17BrFN4/c1-15-5-6-16-8-18-7-9-11(17(18)2)4-3-10(13)12(9)14/h3-4,7,15-16H,5-6,8H2,1-2H3/q+1. The van der Waals surface area contributed by atoms with Crippen LogP contribution in [0, 0.1) is 5.82 Å². The Hall–Kier alpha value is -0.980. The third kappa shape index (κ3) is 2.55. The van der Waals surface area contributed by atoms with Gasteiger partial charge in [0.25, 0.3) is 0 Å². The highest BCUT2D eigenvalue weighted by molar-refractivity contribution is 9.10. The van der Waals surface area contributed by atoms with Gasteiger partial charge in [0.05, 0.1) is 11.5 Å². The Morgan fingerprint density at radius 3 is 2.89 bits per heavy atom. The van der Waals surface area contributed by atoms with E-state index in [4.69, 9.17) is 0 Å². The van der Waals surface area contributed by atoms with Crippen LogP contribution >= 0.6 is 15.9 Å². The van der Waals surface area contributed by atoms with Crippen LogP contribution in [0.2, 0.25) is 0 Å². The van der Waals surface area contributed by atoms with E-state index in [1.807, 2.05) is 35.7 Å². The highest BCUT2D eigenvalue weighted by Gasteiger charge is 2.17. The Kier molecular flexibility index (Phi) is 4.31. The molecule has 0 spiro atoms. The fourth-order valence-electron chi connectivity index (χ4n) is 1.89. The molecule has 1 aromatic heterocycles. The van der Waals surface area contributed by atoms with Gasteiger partial charge in [-0.05, 0) is 35.1 Å². The number of likely N-dealkylation sites (N-methyl/N-ethyl adjacent to an activating group) is 1. The van der Waals surface area contributed by atoms with Crippen molar-refractivity contribution in [3.8, 4) is 0 Å². The molecule has 0 aliphatic rings. The first-order chi connectivity index (χ1) is 8.65. The SMILES string of the molecule is CNCCNC[n+]1cc2c(F)c(Br)ccc2n1C. The molecule has 0 atom stereocenters. The first kappa shape index (κ1) is 13.5.